The molecule has 1 heterocycles. The Kier molecular flexibility index (Phi) is 3.62. The fourth-order valence-corrected chi connectivity index (χ4v) is 2.21. The molecule has 0 radical (unpaired) electrons. The summed E-state index contributed by atoms with van der Waals surface area (Å²) in [6, 6.07) is 0. The Morgan fingerprint density at radius 3 is 2.83 bits per heavy atom. The molecule has 0 spiro atoms. The first kappa shape index (κ1) is 9.61. The highest BCUT2D eigenvalue weighted by molar-refractivity contribution is 4.96. The van der Waals surface area contributed by atoms with E-state index < -0.39 is 0 Å². The lowest BCUT2D eigenvalue weighted by atomic mass is 9.87. The Hall–Kier alpha value is -0.480. The first-order chi connectivity index (χ1) is 5.83. The molecule has 0 bridgehead atoms. The van der Waals surface area contributed by atoms with E-state index in [1.165, 1.54) is 32.2 Å². The number of hydrogen-bond donors (Lipinski definition) is 1. The highest BCUT2D eigenvalue weighted by Gasteiger charge is 2.31. The minimum absolute atomic E-state index is 0.404. The second kappa shape index (κ2) is 4.52. The van der Waals surface area contributed by atoms with E-state index in [1.807, 2.05) is 0 Å². The third-order valence-electron chi connectivity index (χ3n) is 2.81. The van der Waals surface area contributed by atoms with Gasteiger partial charge in [-0.1, -0.05) is 13.3 Å². The van der Waals surface area contributed by atoms with Crippen LogP contribution in [0.2, 0.25) is 0 Å². The summed E-state index contributed by atoms with van der Waals surface area (Å²) in [6.07, 6.45) is 12.6. The van der Waals surface area contributed by atoms with Crippen LogP contribution < -0.4 is 5.32 Å². The molecule has 0 saturated carbocycles. The molecule has 1 nitrogen and oxygen atoms in total. The summed E-state index contributed by atoms with van der Waals surface area (Å²) in [5.74, 6) is 2.74. The molecule has 0 aromatic carbocycles. The van der Waals surface area contributed by atoms with Crippen LogP contribution in [0.25, 0.3) is 0 Å². The largest absolute Gasteiger partial charge is 0.311 e. The van der Waals surface area contributed by atoms with Crippen molar-refractivity contribution in [3.63, 3.8) is 0 Å². The van der Waals surface area contributed by atoms with E-state index in [0.29, 0.717) is 5.54 Å². The molecule has 12 heavy (non-hydrogen) atoms. The molecule has 1 atom stereocenters. The first-order valence-electron chi connectivity index (χ1n) is 5.01. The zero-order valence-corrected chi connectivity index (χ0v) is 8.03. The normalized spacial score (nSPS) is 28.7. The second-order valence-corrected chi connectivity index (χ2v) is 3.76. The van der Waals surface area contributed by atoms with E-state index in [4.69, 9.17) is 6.42 Å². The van der Waals surface area contributed by atoms with Crippen LogP contribution in [0.1, 0.15) is 45.4 Å². The zero-order valence-electron chi connectivity index (χ0n) is 8.03. The van der Waals surface area contributed by atoms with Gasteiger partial charge in [-0.05, 0) is 32.2 Å². The van der Waals surface area contributed by atoms with Crippen LogP contribution in [-0.4, -0.2) is 12.1 Å². The van der Waals surface area contributed by atoms with E-state index >= 15 is 0 Å². The van der Waals surface area contributed by atoms with Gasteiger partial charge >= 0.3 is 0 Å². The van der Waals surface area contributed by atoms with E-state index in [1.54, 1.807) is 0 Å². The average molecular weight is 165 g/mol. The van der Waals surface area contributed by atoms with Crippen LogP contribution in [0.5, 0.6) is 0 Å². The van der Waals surface area contributed by atoms with Gasteiger partial charge < -0.3 is 5.32 Å². The Morgan fingerprint density at radius 2 is 2.33 bits per heavy atom. The third kappa shape index (κ3) is 2.25. The number of nitrogens with one attached hydrogen (secondary N) is 1. The predicted octanol–water partition coefficient (Wildman–Crippen LogP) is 2.32. The van der Waals surface area contributed by atoms with Gasteiger partial charge in [0.25, 0.3) is 0 Å². The second-order valence-electron chi connectivity index (χ2n) is 3.76. The van der Waals surface area contributed by atoms with Crippen LogP contribution >= 0.6 is 0 Å². The monoisotopic (exact) mass is 165 g/mol. The molecule has 1 aliphatic rings. The Labute approximate surface area is 75.9 Å². The Morgan fingerprint density at radius 1 is 1.50 bits per heavy atom. The molecule has 0 aromatic rings. The smallest absolute Gasteiger partial charge is 0.0191 e. The quantitative estimate of drug-likeness (QED) is 0.630. The topological polar surface area (TPSA) is 12.0 Å². The maximum Gasteiger partial charge on any atom is 0.0191 e. The summed E-state index contributed by atoms with van der Waals surface area (Å²) < 4.78 is 0. The van der Waals surface area contributed by atoms with Gasteiger partial charge in [0.1, 0.15) is 0 Å². The van der Waals surface area contributed by atoms with Gasteiger partial charge in [-0.15, -0.1) is 12.3 Å². The molecule has 1 rings (SSSR count). The molecule has 68 valence electrons. The molecule has 0 aliphatic carbocycles. The fraction of sp³-hybridized carbons (Fsp3) is 0.818. The summed E-state index contributed by atoms with van der Waals surface area (Å²) >= 11 is 0. The first-order valence-corrected chi connectivity index (χ1v) is 5.01. The summed E-state index contributed by atoms with van der Waals surface area (Å²) in [6.45, 7) is 3.43. The lowest BCUT2D eigenvalue weighted by molar-refractivity contribution is 0.324. The summed E-state index contributed by atoms with van der Waals surface area (Å²) in [5, 5.41) is 3.61. The standard InChI is InChI=1S/C11H19N/c1-3-5-8-11(7-4-2)9-6-10-12-11/h1,12H,4-10H2,2H3. The van der Waals surface area contributed by atoms with Gasteiger partial charge in [-0.2, -0.15) is 0 Å². The van der Waals surface area contributed by atoms with Crippen molar-refractivity contribution >= 4 is 0 Å². The van der Waals surface area contributed by atoms with Crippen molar-refractivity contribution in [2.45, 2.75) is 51.0 Å². The van der Waals surface area contributed by atoms with Gasteiger partial charge in [0, 0.05) is 12.0 Å². The molecule has 1 heteroatoms. The molecular formula is C11H19N. The van der Waals surface area contributed by atoms with Crippen LogP contribution in [0.15, 0.2) is 0 Å². The third-order valence-corrected chi connectivity index (χ3v) is 2.81. The van der Waals surface area contributed by atoms with Gasteiger partial charge in [-0.3, -0.25) is 0 Å². The fourth-order valence-electron chi connectivity index (χ4n) is 2.21. The van der Waals surface area contributed by atoms with Crippen molar-refractivity contribution in [3.05, 3.63) is 0 Å². The number of terminal acetylenes is 1. The Balaban J connectivity index is 2.42. The molecule has 1 aliphatic heterocycles. The van der Waals surface area contributed by atoms with Crippen molar-refractivity contribution in [3.8, 4) is 12.3 Å². The van der Waals surface area contributed by atoms with Crippen LogP contribution in [0.3, 0.4) is 0 Å². The summed E-state index contributed by atoms with van der Waals surface area (Å²) in [7, 11) is 0. The minimum Gasteiger partial charge on any atom is -0.311 e. The van der Waals surface area contributed by atoms with E-state index in [-0.39, 0.29) is 0 Å². The maximum atomic E-state index is 5.28. The molecule has 0 amide bonds. The van der Waals surface area contributed by atoms with Gasteiger partial charge in [0.05, 0.1) is 0 Å². The highest BCUT2D eigenvalue weighted by atomic mass is 15.0. The average Bonchev–Trinajstić information content (AvgIpc) is 2.51. The van der Waals surface area contributed by atoms with Crippen molar-refractivity contribution in [1.82, 2.24) is 5.32 Å². The lowest BCUT2D eigenvalue weighted by Crippen LogP contribution is -2.39. The Bertz CT molecular complexity index is 160. The van der Waals surface area contributed by atoms with Crippen molar-refractivity contribution in [2.75, 3.05) is 6.54 Å². The van der Waals surface area contributed by atoms with E-state index in [0.717, 1.165) is 12.8 Å². The highest BCUT2D eigenvalue weighted by Crippen LogP contribution is 2.28. The van der Waals surface area contributed by atoms with Crippen molar-refractivity contribution in [2.24, 2.45) is 0 Å². The van der Waals surface area contributed by atoms with Gasteiger partial charge in [0.15, 0.2) is 0 Å². The summed E-state index contributed by atoms with van der Waals surface area (Å²) in [5.41, 5.74) is 0.404. The number of hydrogen-bond acceptors (Lipinski definition) is 1. The molecule has 0 aromatic heterocycles. The lowest BCUT2D eigenvalue weighted by Gasteiger charge is -2.28. The zero-order chi connectivity index (χ0) is 8.86. The van der Waals surface area contributed by atoms with Crippen LogP contribution in [0, 0.1) is 12.3 Å². The van der Waals surface area contributed by atoms with Gasteiger partial charge in [-0.25, -0.2) is 0 Å². The molecular weight excluding hydrogens is 146 g/mol. The number of rotatable bonds is 4. The van der Waals surface area contributed by atoms with Crippen molar-refractivity contribution in [1.29, 1.82) is 0 Å². The van der Waals surface area contributed by atoms with E-state index in [2.05, 4.69) is 18.2 Å². The van der Waals surface area contributed by atoms with E-state index in [9.17, 15) is 0 Å². The van der Waals surface area contributed by atoms with Crippen molar-refractivity contribution < 1.29 is 0 Å². The summed E-state index contributed by atoms with van der Waals surface area (Å²) in [4.78, 5) is 0. The van der Waals surface area contributed by atoms with Crippen LogP contribution in [-0.2, 0) is 0 Å². The predicted molar refractivity (Wildman–Crippen MR) is 52.9 cm³/mol. The minimum atomic E-state index is 0.404. The SMILES string of the molecule is C#CCCC1(CCC)CCCN1. The molecule has 1 unspecified atom stereocenters. The molecule has 1 fully saturated rings. The van der Waals surface area contributed by atoms with Crippen LogP contribution in [0.4, 0.5) is 0 Å². The molecule has 1 N–H and O–H groups in total. The van der Waals surface area contributed by atoms with Gasteiger partial charge in [0.2, 0.25) is 0 Å². The maximum absolute atomic E-state index is 5.28. The molecule has 1 saturated heterocycles.